The highest BCUT2D eigenvalue weighted by Crippen LogP contribution is 2.35. The van der Waals surface area contributed by atoms with E-state index in [1.54, 1.807) is 0 Å². The summed E-state index contributed by atoms with van der Waals surface area (Å²) in [5.41, 5.74) is 6.20. The maximum atomic E-state index is 4.61. The van der Waals surface area contributed by atoms with Crippen molar-refractivity contribution in [1.82, 2.24) is 0 Å². The van der Waals surface area contributed by atoms with Gasteiger partial charge < -0.3 is 0 Å². The van der Waals surface area contributed by atoms with Crippen LogP contribution < -0.4 is 0 Å². The summed E-state index contributed by atoms with van der Waals surface area (Å²) in [5.74, 6) is 0. The fourth-order valence-corrected chi connectivity index (χ4v) is 2.67. The van der Waals surface area contributed by atoms with Crippen molar-refractivity contribution in [2.75, 3.05) is 0 Å². The number of hydrogen-bond donors (Lipinski definition) is 0. The predicted molar refractivity (Wildman–Crippen MR) is 87.6 cm³/mol. The van der Waals surface area contributed by atoms with Gasteiger partial charge in [-0.2, -0.15) is 0 Å². The zero-order valence-corrected chi connectivity index (χ0v) is 11.6. The highest BCUT2D eigenvalue weighted by atomic mass is 15.0. The molecule has 0 amide bonds. The molecular weight excluding hydrogens is 254 g/mol. The summed E-state index contributed by atoms with van der Waals surface area (Å²) in [6.07, 6.45) is 0. The van der Waals surface area contributed by atoms with Gasteiger partial charge in [-0.25, -0.2) is 0 Å². The molecule has 0 saturated heterocycles. The Morgan fingerprint density at radius 1 is 0.524 bits per heavy atom. The highest BCUT2D eigenvalue weighted by Gasteiger charge is 2.30. The van der Waals surface area contributed by atoms with Crippen molar-refractivity contribution in [3.63, 3.8) is 0 Å². The van der Waals surface area contributed by atoms with E-state index in [0.29, 0.717) is 0 Å². The largest absolute Gasteiger partial charge is 0.272 e. The molecule has 0 saturated carbocycles. The molecular formula is C20H15N. The van der Waals surface area contributed by atoms with Crippen LogP contribution in [0.4, 0.5) is 0 Å². The van der Waals surface area contributed by atoms with Crippen LogP contribution in [-0.2, 0) is 0 Å². The summed E-state index contributed by atoms with van der Waals surface area (Å²) in [5, 5.41) is 0. The summed E-state index contributed by atoms with van der Waals surface area (Å²) in [6.45, 7) is 0. The number of benzene rings is 3. The molecule has 0 aromatic heterocycles. The van der Waals surface area contributed by atoms with Gasteiger partial charge in [-0.3, -0.25) is 4.99 Å². The van der Waals surface area contributed by atoms with Gasteiger partial charge in [0.25, 0.3) is 0 Å². The molecule has 1 heteroatoms. The van der Waals surface area contributed by atoms with Crippen molar-refractivity contribution in [3.05, 3.63) is 96.1 Å². The van der Waals surface area contributed by atoms with E-state index in [9.17, 15) is 0 Å². The summed E-state index contributed by atoms with van der Waals surface area (Å²) in [6, 6.07) is 29.9. The summed E-state index contributed by atoms with van der Waals surface area (Å²) in [4.78, 5) is 4.61. The molecule has 100 valence electrons. The third-order valence-corrected chi connectivity index (χ3v) is 3.86. The number of nitrogens with zero attached hydrogens (tertiary/aromatic N) is 1. The Labute approximate surface area is 124 Å². The van der Waals surface area contributed by atoms with Crippen LogP contribution in [0.3, 0.4) is 0 Å². The van der Waals surface area contributed by atoms with Crippen LogP contribution in [0.15, 0.2) is 89.9 Å². The lowest BCUT2D eigenvalue weighted by Gasteiger charge is -2.02. The number of aliphatic imine (C=N–C) groups is 1. The van der Waals surface area contributed by atoms with Crippen molar-refractivity contribution in [1.29, 1.82) is 0 Å². The molecule has 0 aliphatic carbocycles. The molecule has 4 rings (SSSR count). The first-order valence-corrected chi connectivity index (χ1v) is 7.20. The monoisotopic (exact) mass is 269 g/mol. The van der Waals surface area contributed by atoms with Crippen molar-refractivity contribution in [2.24, 2.45) is 4.99 Å². The molecule has 0 N–H and O–H groups in total. The Morgan fingerprint density at radius 2 is 1.05 bits per heavy atom. The fourth-order valence-electron chi connectivity index (χ4n) is 2.67. The van der Waals surface area contributed by atoms with E-state index >= 15 is 0 Å². The Kier molecular flexibility index (Phi) is 2.89. The smallest absolute Gasteiger partial charge is 0.118 e. The maximum absolute atomic E-state index is 4.61. The van der Waals surface area contributed by atoms with Crippen LogP contribution in [0.5, 0.6) is 0 Å². The van der Waals surface area contributed by atoms with E-state index in [2.05, 4.69) is 77.8 Å². The van der Waals surface area contributed by atoms with Gasteiger partial charge in [0.05, 0.1) is 5.71 Å². The maximum Gasteiger partial charge on any atom is 0.118 e. The molecule has 1 heterocycles. The molecule has 1 aliphatic rings. The fraction of sp³-hybridized carbons (Fsp3) is 0.0500. The van der Waals surface area contributed by atoms with Crippen LogP contribution in [0, 0.1) is 0 Å². The van der Waals surface area contributed by atoms with Crippen LogP contribution in [0.2, 0.25) is 0 Å². The van der Waals surface area contributed by atoms with Gasteiger partial charge in [0.1, 0.15) is 6.04 Å². The minimum atomic E-state index is 0.258. The molecule has 1 atom stereocenters. The van der Waals surface area contributed by atoms with Crippen molar-refractivity contribution in [3.8, 4) is 11.1 Å². The minimum Gasteiger partial charge on any atom is -0.272 e. The molecule has 0 radical (unpaired) electrons. The molecule has 0 fully saturated rings. The van der Waals surface area contributed by atoms with Gasteiger partial charge in [0.15, 0.2) is 0 Å². The minimum absolute atomic E-state index is 0.258. The van der Waals surface area contributed by atoms with Crippen molar-refractivity contribution >= 4 is 5.71 Å². The molecule has 1 nitrogen and oxygen atoms in total. The normalized spacial score (nSPS) is 16.4. The Bertz CT molecular complexity index is 771. The summed E-state index contributed by atoms with van der Waals surface area (Å²) >= 11 is 0. The van der Waals surface area contributed by atoms with Gasteiger partial charge in [0.2, 0.25) is 0 Å². The molecule has 1 aliphatic heterocycles. The SMILES string of the molecule is c1ccc(-c2ccc(C3=NC3c3ccccc3)cc2)cc1. The third kappa shape index (κ3) is 2.38. The van der Waals surface area contributed by atoms with Crippen molar-refractivity contribution < 1.29 is 0 Å². The van der Waals surface area contributed by atoms with Crippen LogP contribution >= 0.6 is 0 Å². The average molecular weight is 269 g/mol. The zero-order chi connectivity index (χ0) is 14.1. The Hall–Kier alpha value is -2.67. The number of rotatable bonds is 3. The summed E-state index contributed by atoms with van der Waals surface area (Å²) in [7, 11) is 0. The first-order chi connectivity index (χ1) is 10.4. The lowest BCUT2D eigenvalue weighted by atomic mass is 10.0. The first kappa shape index (κ1) is 12.1. The standard InChI is InChI=1S/C20H15N/c1-3-7-15(8-4-1)16-11-13-18(14-12-16)20-19(21-20)17-9-5-2-6-10-17/h1-14,19H. The van der Waals surface area contributed by atoms with Gasteiger partial charge >= 0.3 is 0 Å². The van der Waals surface area contributed by atoms with Crippen LogP contribution in [0.1, 0.15) is 17.2 Å². The average Bonchev–Trinajstić information content (AvgIpc) is 3.37. The van der Waals surface area contributed by atoms with Crippen molar-refractivity contribution in [2.45, 2.75) is 6.04 Å². The summed E-state index contributed by atoms with van der Waals surface area (Å²) < 4.78 is 0. The molecule has 0 spiro atoms. The second kappa shape index (κ2) is 5.02. The van der Waals surface area contributed by atoms with Crippen LogP contribution in [-0.4, -0.2) is 5.71 Å². The van der Waals surface area contributed by atoms with Crippen LogP contribution in [0.25, 0.3) is 11.1 Å². The lowest BCUT2D eigenvalue weighted by molar-refractivity contribution is 1.13. The molecule has 3 aromatic carbocycles. The predicted octanol–water partition coefficient (Wildman–Crippen LogP) is 4.90. The molecule has 3 aromatic rings. The quantitative estimate of drug-likeness (QED) is 0.641. The first-order valence-electron chi connectivity index (χ1n) is 7.20. The van der Waals surface area contributed by atoms with E-state index in [4.69, 9.17) is 0 Å². The second-order valence-electron chi connectivity index (χ2n) is 5.27. The highest BCUT2D eigenvalue weighted by molar-refractivity contribution is 6.13. The van der Waals surface area contributed by atoms with Gasteiger partial charge in [-0.05, 0) is 22.3 Å². The van der Waals surface area contributed by atoms with E-state index in [0.717, 1.165) is 0 Å². The van der Waals surface area contributed by atoms with E-state index in [1.807, 2.05) is 12.1 Å². The van der Waals surface area contributed by atoms with E-state index in [-0.39, 0.29) is 6.04 Å². The lowest BCUT2D eigenvalue weighted by Crippen LogP contribution is -1.93. The van der Waals surface area contributed by atoms with E-state index in [1.165, 1.54) is 28.0 Å². The Balaban J connectivity index is 1.55. The van der Waals surface area contributed by atoms with Gasteiger partial charge in [-0.15, -0.1) is 0 Å². The molecule has 21 heavy (non-hydrogen) atoms. The zero-order valence-electron chi connectivity index (χ0n) is 11.6. The third-order valence-electron chi connectivity index (χ3n) is 3.86. The van der Waals surface area contributed by atoms with E-state index < -0.39 is 0 Å². The Morgan fingerprint density at radius 3 is 1.71 bits per heavy atom. The number of hydrogen-bond acceptors (Lipinski definition) is 1. The second-order valence-corrected chi connectivity index (χ2v) is 5.27. The van der Waals surface area contributed by atoms with Gasteiger partial charge in [0, 0.05) is 0 Å². The topological polar surface area (TPSA) is 12.4 Å². The molecule has 1 unspecified atom stereocenters. The van der Waals surface area contributed by atoms with Gasteiger partial charge in [-0.1, -0.05) is 84.9 Å². The molecule has 0 bridgehead atoms.